The highest BCUT2D eigenvalue weighted by Gasteiger charge is 2.28. The number of methoxy groups -OCH3 is 1. The number of amides is 1. The first kappa shape index (κ1) is 21.7. The lowest BCUT2D eigenvalue weighted by molar-refractivity contribution is -0.120. The third-order valence-electron chi connectivity index (χ3n) is 4.19. The Morgan fingerprint density at radius 2 is 2.00 bits per heavy atom. The molecule has 1 aromatic carbocycles. The van der Waals surface area contributed by atoms with Crippen LogP contribution < -0.4 is 15.8 Å². The normalized spacial score (nSPS) is 16.1. The Kier molecular flexibility index (Phi) is 8.14. The van der Waals surface area contributed by atoms with Crippen LogP contribution in [0.4, 0.5) is 0 Å². The number of carbonyl (C=O) groups is 1. The summed E-state index contributed by atoms with van der Waals surface area (Å²) in [6, 6.07) is 4.79. The smallest absolute Gasteiger partial charge is 0.243 e. The number of nitrogens with zero attached hydrogens (tertiary/aromatic N) is 1. The molecule has 0 radical (unpaired) electrons. The van der Waals surface area contributed by atoms with E-state index in [-0.39, 0.29) is 35.8 Å². The first-order valence-electron chi connectivity index (χ1n) is 8.07. The average molecular weight is 392 g/mol. The first-order valence-corrected chi connectivity index (χ1v) is 9.51. The van der Waals surface area contributed by atoms with E-state index in [4.69, 9.17) is 10.5 Å². The largest absolute Gasteiger partial charge is 0.496 e. The molecule has 1 aliphatic rings. The Morgan fingerprint density at radius 3 is 2.56 bits per heavy atom. The number of carbonyl (C=O) groups excluding carboxylic acids is 1. The lowest BCUT2D eigenvalue weighted by atomic mass is 10.1. The maximum atomic E-state index is 12.8. The summed E-state index contributed by atoms with van der Waals surface area (Å²) in [6.07, 6.45) is 1.69. The van der Waals surface area contributed by atoms with E-state index >= 15 is 0 Å². The van der Waals surface area contributed by atoms with Crippen LogP contribution in [-0.4, -0.2) is 44.9 Å². The Balaban J connectivity index is 0.00000312. The van der Waals surface area contributed by atoms with E-state index in [1.165, 1.54) is 17.5 Å². The van der Waals surface area contributed by atoms with E-state index in [9.17, 15) is 13.2 Å². The molecule has 1 heterocycles. The van der Waals surface area contributed by atoms with E-state index in [1.807, 2.05) is 0 Å². The zero-order chi connectivity index (χ0) is 17.7. The molecular weight excluding hydrogens is 366 g/mol. The topological polar surface area (TPSA) is 102 Å². The quantitative estimate of drug-likeness (QED) is 0.759. The molecule has 0 atom stereocenters. The molecule has 0 bridgehead atoms. The predicted molar refractivity (Wildman–Crippen MR) is 98.3 cm³/mol. The highest BCUT2D eigenvalue weighted by Crippen LogP contribution is 2.26. The predicted octanol–water partition coefficient (Wildman–Crippen LogP) is 1.26. The van der Waals surface area contributed by atoms with Gasteiger partial charge in [0, 0.05) is 37.7 Å². The number of sulfonamides is 1. The molecule has 0 aliphatic carbocycles. The van der Waals surface area contributed by atoms with Crippen molar-refractivity contribution < 1.29 is 17.9 Å². The third kappa shape index (κ3) is 5.31. The maximum Gasteiger partial charge on any atom is 0.243 e. The number of rotatable bonds is 6. The molecule has 1 fully saturated rings. The van der Waals surface area contributed by atoms with Gasteiger partial charge in [-0.05, 0) is 31.0 Å². The zero-order valence-electron chi connectivity index (χ0n) is 14.5. The molecule has 3 N–H and O–H groups in total. The van der Waals surface area contributed by atoms with Crippen LogP contribution >= 0.6 is 12.4 Å². The van der Waals surface area contributed by atoms with Crippen LogP contribution in [0, 0.1) is 0 Å². The fourth-order valence-electron chi connectivity index (χ4n) is 2.64. The molecule has 7 nitrogen and oxygen atoms in total. The average Bonchev–Trinajstić information content (AvgIpc) is 2.59. The van der Waals surface area contributed by atoms with Crippen LogP contribution in [0.5, 0.6) is 5.75 Å². The Hall–Kier alpha value is -1.35. The van der Waals surface area contributed by atoms with Gasteiger partial charge in [-0.15, -0.1) is 12.4 Å². The number of piperidine rings is 1. The summed E-state index contributed by atoms with van der Waals surface area (Å²) in [6.45, 7) is 2.84. The van der Waals surface area contributed by atoms with E-state index in [1.54, 1.807) is 19.1 Å². The van der Waals surface area contributed by atoms with E-state index in [0.717, 1.165) is 0 Å². The minimum atomic E-state index is -3.57. The Labute approximate surface area is 155 Å². The minimum Gasteiger partial charge on any atom is -0.496 e. The fourth-order valence-corrected chi connectivity index (χ4v) is 4.16. The Morgan fingerprint density at radius 1 is 1.36 bits per heavy atom. The molecule has 142 valence electrons. The van der Waals surface area contributed by atoms with Crippen molar-refractivity contribution in [2.24, 2.45) is 5.73 Å². The summed E-state index contributed by atoms with van der Waals surface area (Å²) in [7, 11) is -2.05. The lowest BCUT2D eigenvalue weighted by Crippen LogP contribution is -2.42. The standard InChI is InChI=1S/C16H25N3O4S.ClH/c1-3-16(20)18-11-12-10-14(4-5-15(12)23-2)24(21,22)19-8-6-13(17)7-9-19;/h4-5,10,13H,3,6-9,11,17H2,1-2H3,(H,18,20);1H. The van der Waals surface area contributed by atoms with Crippen molar-refractivity contribution in [3.63, 3.8) is 0 Å². The van der Waals surface area contributed by atoms with Crippen LogP contribution in [0.25, 0.3) is 0 Å². The highest BCUT2D eigenvalue weighted by atomic mass is 35.5. The monoisotopic (exact) mass is 391 g/mol. The summed E-state index contributed by atoms with van der Waals surface area (Å²) in [5, 5.41) is 2.74. The molecule has 2 rings (SSSR count). The van der Waals surface area contributed by atoms with Gasteiger partial charge in [0.25, 0.3) is 0 Å². The van der Waals surface area contributed by atoms with Crippen LogP contribution in [-0.2, 0) is 21.4 Å². The summed E-state index contributed by atoms with van der Waals surface area (Å²) >= 11 is 0. The van der Waals surface area contributed by atoms with Gasteiger partial charge in [-0.25, -0.2) is 8.42 Å². The molecule has 0 saturated carbocycles. The van der Waals surface area contributed by atoms with Crippen LogP contribution in [0.15, 0.2) is 23.1 Å². The number of nitrogens with one attached hydrogen (secondary N) is 1. The van der Waals surface area contributed by atoms with Crippen molar-refractivity contribution in [3.05, 3.63) is 23.8 Å². The minimum absolute atomic E-state index is 0. The van der Waals surface area contributed by atoms with Crippen LogP contribution in [0.3, 0.4) is 0 Å². The molecule has 9 heteroatoms. The molecule has 25 heavy (non-hydrogen) atoms. The molecule has 0 unspecified atom stereocenters. The van der Waals surface area contributed by atoms with Crippen molar-refractivity contribution in [1.82, 2.24) is 9.62 Å². The maximum absolute atomic E-state index is 12.8. The summed E-state index contributed by atoms with van der Waals surface area (Å²) in [4.78, 5) is 11.7. The number of halogens is 1. The second-order valence-corrected chi connectivity index (χ2v) is 7.78. The van der Waals surface area contributed by atoms with Gasteiger partial charge in [0.1, 0.15) is 5.75 Å². The number of hydrogen-bond donors (Lipinski definition) is 2. The first-order chi connectivity index (χ1) is 11.4. The van der Waals surface area contributed by atoms with Crippen LogP contribution in [0.2, 0.25) is 0 Å². The molecule has 1 aromatic rings. The molecule has 0 aromatic heterocycles. The number of nitrogens with two attached hydrogens (primary N) is 1. The highest BCUT2D eigenvalue weighted by molar-refractivity contribution is 7.89. The van der Waals surface area contributed by atoms with Gasteiger partial charge in [0.2, 0.25) is 15.9 Å². The third-order valence-corrected chi connectivity index (χ3v) is 6.08. The zero-order valence-corrected chi connectivity index (χ0v) is 16.2. The van der Waals surface area contributed by atoms with Crippen molar-refractivity contribution in [3.8, 4) is 5.75 Å². The van der Waals surface area contributed by atoms with Gasteiger partial charge >= 0.3 is 0 Å². The number of ether oxygens (including phenoxy) is 1. The summed E-state index contributed by atoms with van der Waals surface area (Å²) < 4.78 is 32.3. The molecule has 1 amide bonds. The molecule has 0 spiro atoms. The number of benzene rings is 1. The molecule has 1 aliphatic heterocycles. The van der Waals surface area contributed by atoms with Crippen molar-refractivity contribution in [2.45, 2.75) is 43.7 Å². The van der Waals surface area contributed by atoms with E-state index in [0.29, 0.717) is 43.7 Å². The van der Waals surface area contributed by atoms with Gasteiger partial charge in [0.15, 0.2) is 0 Å². The molecular formula is C16H26ClN3O4S. The van der Waals surface area contributed by atoms with Crippen molar-refractivity contribution in [1.29, 1.82) is 0 Å². The van der Waals surface area contributed by atoms with Crippen molar-refractivity contribution in [2.75, 3.05) is 20.2 Å². The summed E-state index contributed by atoms with van der Waals surface area (Å²) in [5.41, 5.74) is 6.48. The Bertz CT molecular complexity index is 689. The SMILES string of the molecule is CCC(=O)NCc1cc(S(=O)(=O)N2CCC(N)CC2)ccc1OC.Cl. The molecule has 1 saturated heterocycles. The van der Waals surface area contributed by atoms with Gasteiger partial charge in [0.05, 0.1) is 12.0 Å². The lowest BCUT2D eigenvalue weighted by Gasteiger charge is -2.29. The fraction of sp³-hybridized carbons (Fsp3) is 0.562. The van der Waals surface area contributed by atoms with E-state index in [2.05, 4.69) is 5.32 Å². The van der Waals surface area contributed by atoms with E-state index < -0.39 is 10.0 Å². The van der Waals surface area contributed by atoms with Gasteiger partial charge in [-0.3, -0.25) is 4.79 Å². The second kappa shape index (κ2) is 9.38. The number of hydrogen-bond acceptors (Lipinski definition) is 5. The summed E-state index contributed by atoms with van der Waals surface area (Å²) in [5.74, 6) is 0.446. The van der Waals surface area contributed by atoms with Crippen LogP contribution in [0.1, 0.15) is 31.7 Å². The second-order valence-electron chi connectivity index (χ2n) is 5.85. The van der Waals surface area contributed by atoms with Gasteiger partial charge in [-0.1, -0.05) is 6.92 Å². The van der Waals surface area contributed by atoms with Gasteiger partial charge in [-0.2, -0.15) is 4.31 Å². The van der Waals surface area contributed by atoms with Crippen molar-refractivity contribution >= 4 is 28.3 Å². The van der Waals surface area contributed by atoms with Gasteiger partial charge < -0.3 is 15.8 Å².